The van der Waals surface area contributed by atoms with Crippen molar-refractivity contribution in [3.05, 3.63) is 29.3 Å². The molecule has 4 aliphatic rings. The third-order valence-corrected chi connectivity index (χ3v) is 18.3. The number of amides is 11. The van der Waals surface area contributed by atoms with Crippen LogP contribution in [0.3, 0.4) is 0 Å². The van der Waals surface area contributed by atoms with E-state index in [0.29, 0.717) is 62.1 Å². The number of hydrogen-bond donors (Lipinski definition) is 12. The lowest BCUT2D eigenvalue weighted by molar-refractivity contribution is -0.368. The molecule has 528 valence electrons. The summed E-state index contributed by atoms with van der Waals surface area (Å²) in [5, 5.41) is 69.5. The van der Waals surface area contributed by atoms with E-state index in [4.69, 9.17) is 15.3 Å². The second-order valence-electron chi connectivity index (χ2n) is 24.4. The Morgan fingerprint density at radius 1 is 0.621 bits per heavy atom. The number of carboxylic acids is 2. The lowest BCUT2D eigenvalue weighted by Gasteiger charge is -2.32. The van der Waals surface area contributed by atoms with Gasteiger partial charge in [-0.1, -0.05) is 25.1 Å². The zero-order chi connectivity index (χ0) is 69.9. The van der Waals surface area contributed by atoms with Gasteiger partial charge in [-0.05, 0) is 133 Å². The minimum Gasteiger partial charge on any atom is -0.550 e. The van der Waals surface area contributed by atoms with E-state index < -0.39 is 169 Å². The third kappa shape index (κ3) is 25.4. The summed E-state index contributed by atoms with van der Waals surface area (Å²) >= 11 is 2.40. The quantitative estimate of drug-likeness (QED) is 0.0773. The highest BCUT2D eigenvalue weighted by Gasteiger charge is 2.44. The first-order valence-electron chi connectivity index (χ1n) is 32.1. The van der Waals surface area contributed by atoms with Crippen LogP contribution in [-0.4, -0.2) is 220 Å². The molecule has 95 heavy (non-hydrogen) atoms. The normalized spacial score (nSPS) is 27.2. The van der Waals surface area contributed by atoms with E-state index in [0.717, 1.165) is 37.8 Å². The zero-order valence-electron chi connectivity index (χ0n) is 54.1. The van der Waals surface area contributed by atoms with Gasteiger partial charge in [-0.25, -0.2) is 0 Å². The molecule has 11 amide bonds. The summed E-state index contributed by atoms with van der Waals surface area (Å²) in [6.45, 7) is 6.55. The molecule has 34 heteroatoms. The monoisotopic (exact) mass is 1370 g/mol. The number of carbonyl (C=O) groups is 13. The Bertz CT molecular complexity index is 2910. The van der Waals surface area contributed by atoms with Crippen molar-refractivity contribution >= 4 is 107 Å². The molecule has 0 saturated carbocycles. The van der Waals surface area contributed by atoms with E-state index in [9.17, 15) is 78.0 Å². The number of oxime groups is 1. The predicted octanol–water partition coefficient (Wildman–Crippen LogP) is -5.64. The van der Waals surface area contributed by atoms with Gasteiger partial charge in [0.2, 0.25) is 59.1 Å². The number of carbonyl (C=O) groups excluding carboxylic acids is 13. The van der Waals surface area contributed by atoms with Crippen LogP contribution in [0.1, 0.15) is 135 Å². The summed E-state index contributed by atoms with van der Waals surface area (Å²) in [7, 11) is 0. The summed E-state index contributed by atoms with van der Waals surface area (Å²) in [6.07, 6.45) is -0.786. The maximum absolute atomic E-state index is 15.1. The first-order valence-corrected chi connectivity index (χ1v) is 34.4. The van der Waals surface area contributed by atoms with Gasteiger partial charge in [0.05, 0.1) is 25.4 Å². The summed E-state index contributed by atoms with van der Waals surface area (Å²) in [5.74, 6) is -13.9. The van der Waals surface area contributed by atoms with Gasteiger partial charge in [-0.3, -0.25) is 52.7 Å². The molecule has 4 bridgehead atoms. The van der Waals surface area contributed by atoms with E-state index in [1.165, 1.54) is 28.4 Å². The second kappa shape index (κ2) is 39.3. The molecular weight excluding hydrogens is 1280 g/mol. The van der Waals surface area contributed by atoms with E-state index in [2.05, 4.69) is 53.4 Å². The fraction of sp³-hybridized carbons (Fsp3) is 0.672. The molecule has 0 aliphatic carbocycles. The molecule has 2 fully saturated rings. The average molecular weight is 1380 g/mol. The van der Waals surface area contributed by atoms with Gasteiger partial charge in [0, 0.05) is 54.5 Å². The van der Waals surface area contributed by atoms with Crippen LogP contribution in [-0.2, 0) is 78.7 Å². The number of aliphatic hydroxyl groups is 2. The minimum absolute atomic E-state index is 0.0255. The van der Waals surface area contributed by atoms with Gasteiger partial charge in [-0.15, -0.1) is 0 Å². The Kier molecular flexibility index (Phi) is 32.2. The Balaban J connectivity index is 1.59. The first-order chi connectivity index (χ1) is 45.2. The number of quaternary nitrogens is 1. The smallest absolute Gasteiger partial charge is 0.266 e. The summed E-state index contributed by atoms with van der Waals surface area (Å²) in [6, 6.07) is -10.2. The molecule has 1 aromatic carbocycles. The van der Waals surface area contributed by atoms with Crippen LogP contribution in [0.15, 0.2) is 23.4 Å². The Hall–Kier alpha value is -7.82. The number of fused-ring (bicyclic) bond motifs is 7. The maximum Gasteiger partial charge on any atom is 0.266 e. The van der Waals surface area contributed by atoms with Crippen LogP contribution in [0.4, 0.5) is 0 Å². The van der Waals surface area contributed by atoms with Gasteiger partial charge < -0.3 is 103 Å². The highest BCUT2D eigenvalue weighted by molar-refractivity contribution is 7.98. The Morgan fingerprint density at radius 2 is 1.17 bits per heavy atom. The number of benzene rings is 1. The number of hydrogen-bond acceptors (Lipinski definition) is 22. The fourth-order valence-electron chi connectivity index (χ4n) is 11.1. The highest BCUT2D eigenvalue weighted by Crippen LogP contribution is 2.28. The van der Waals surface area contributed by atoms with Crippen LogP contribution >= 0.6 is 23.5 Å². The number of nitrogens with two attached hydrogens (primary N) is 1. The van der Waals surface area contributed by atoms with Crippen LogP contribution < -0.4 is 69.0 Å². The molecule has 1 aromatic rings. The number of thioether (sulfide) groups is 2. The summed E-state index contributed by atoms with van der Waals surface area (Å²) in [4.78, 5) is 187. The van der Waals surface area contributed by atoms with Gasteiger partial charge in [0.15, 0.2) is 0 Å². The van der Waals surface area contributed by atoms with E-state index in [1.807, 2.05) is 6.07 Å². The van der Waals surface area contributed by atoms with Crippen LogP contribution in [0.2, 0.25) is 0 Å². The van der Waals surface area contributed by atoms with Crippen molar-refractivity contribution in [1.29, 1.82) is 0 Å². The number of aliphatic carboxylic acids is 2. The largest absolute Gasteiger partial charge is 0.550 e. The van der Waals surface area contributed by atoms with Crippen molar-refractivity contribution in [3.8, 4) is 5.75 Å². The number of nitrogens with one attached hydrogen (secondary N) is 8. The number of rotatable bonds is 14. The van der Waals surface area contributed by atoms with E-state index in [1.54, 1.807) is 26.0 Å². The van der Waals surface area contributed by atoms with Crippen molar-refractivity contribution in [2.24, 2.45) is 16.8 Å². The molecule has 0 spiro atoms. The second-order valence-corrected chi connectivity index (χ2v) is 26.5. The predicted molar refractivity (Wildman–Crippen MR) is 340 cm³/mol. The minimum atomic E-state index is -2.02. The summed E-state index contributed by atoms with van der Waals surface area (Å²) in [5.41, 5.74) is 11.0. The highest BCUT2D eigenvalue weighted by atomic mass is 32.2. The van der Waals surface area contributed by atoms with Gasteiger partial charge in [-0.2, -0.15) is 23.5 Å². The molecule has 0 aromatic heterocycles. The molecule has 4 aliphatic heterocycles. The van der Waals surface area contributed by atoms with Crippen LogP contribution in [0.25, 0.3) is 0 Å². The molecule has 32 nitrogen and oxygen atoms in total. The zero-order valence-corrected chi connectivity index (χ0v) is 55.7. The molecule has 2 saturated heterocycles. The van der Waals surface area contributed by atoms with Crippen molar-refractivity contribution in [2.75, 3.05) is 44.4 Å². The van der Waals surface area contributed by atoms with Crippen LogP contribution in [0, 0.1) is 5.92 Å². The molecule has 12 atom stereocenters. The fourth-order valence-corrected chi connectivity index (χ4v) is 13.1. The van der Waals surface area contributed by atoms with Gasteiger partial charge >= 0.3 is 0 Å². The molecule has 15 N–H and O–H groups in total. The third-order valence-electron chi connectivity index (χ3n) is 16.1. The molecule has 5 rings (SSSR count). The average Bonchev–Trinajstić information content (AvgIpc) is 1.77. The lowest BCUT2D eigenvalue weighted by Crippen LogP contribution is -2.63. The van der Waals surface area contributed by atoms with Gasteiger partial charge in [0.25, 0.3) is 5.91 Å². The number of aliphatic hydroxyl groups excluding tert-OH is 2. The van der Waals surface area contributed by atoms with Crippen molar-refractivity contribution in [3.63, 3.8) is 0 Å². The van der Waals surface area contributed by atoms with Crippen LogP contribution in [0.5, 0.6) is 5.75 Å². The molecular formula is C61H92N13O19S2-. The molecule has 0 radical (unpaired) electrons. The Morgan fingerprint density at radius 3 is 1.77 bits per heavy atom. The van der Waals surface area contributed by atoms with E-state index >= 15 is 4.79 Å². The number of ether oxygens (including phenoxy) is 1. The SMILES string of the molecule is CC(C)C[C@@H]1NC(=O)[C@@H]2CCCN2C(=O)[C@@H]2CSCc3cc(cc(c3)OCCCCCCO/N=C/C(=O)N[C@@H](CCCC[NH3+])C(=O)N2)CSC[C@@H](C(N)=O)NC(=O)[C@H](CCC(=O)[O-])NC(=O)[C@H]([C@@H](C)O)NC(=O)[C@@H]2CCCN2C(=O)[C@H]([C@@H](C)O)NC(=O)[C@H](CC(=O)[O-])NC1=O. The standard InChI is InChI=1S/C61H93N13O19S2/c1-33(2)23-41-55(85)67-42(27-49(80)81)56(86)72-51(35(4)76)61(91)74-20-12-15-46(74)58(88)71-50(34(3)75)59(89)66-40(16-17-48(78)79)54(84)69-43(52(63)82)31-94-29-36-24-37-26-38(25-36)92-21-9-5-6-10-22-93-64-28-47(77)65-39(13-7-8-18-62)53(83)70-44(32-95-30-37)60(90)73-19-11-14-45(73)57(87)68-41/h24-26,28,33-35,39-46,50-51,75-76H,5-23,27,29-32,62H2,1-4H3,(H2,63,82)(H,65,77)(H,66,89)(H,67,85)(H,68,87)(H,69,84)(H,70,83)(H,71,88)(H,72,86)(H,78,79)(H,80,81)/p-1/b64-28+/t34-,35-,39+,40+,41+,42+,43+,44+,45+,46+,50+,51+/m1/s1. The van der Waals surface area contributed by atoms with Gasteiger partial charge in [0.1, 0.15) is 79.0 Å². The molecule has 0 unspecified atom stereocenters. The Labute approximate surface area is 559 Å². The summed E-state index contributed by atoms with van der Waals surface area (Å²) < 4.78 is 6.25. The van der Waals surface area contributed by atoms with Crippen molar-refractivity contribution < 1.29 is 98.1 Å². The number of unbranched alkanes of at least 4 members (excludes halogenated alkanes) is 1. The number of carboxylic acid groups (broad SMARTS) is 2. The number of nitrogens with zero attached hydrogens (tertiary/aromatic N) is 3. The van der Waals surface area contributed by atoms with Crippen molar-refractivity contribution in [1.82, 2.24) is 52.3 Å². The maximum atomic E-state index is 15.1. The molecule has 4 heterocycles. The topological polar surface area (TPSA) is 496 Å². The van der Waals surface area contributed by atoms with E-state index in [-0.39, 0.29) is 80.7 Å². The van der Waals surface area contributed by atoms with Crippen molar-refractivity contribution in [2.45, 2.75) is 208 Å². The number of primary amides is 1. The first kappa shape index (κ1) is 77.9. The lowest BCUT2D eigenvalue weighted by atomic mass is 10.0.